The van der Waals surface area contributed by atoms with Crippen molar-refractivity contribution >= 4 is 35.0 Å². The van der Waals surface area contributed by atoms with Crippen LogP contribution in [0.25, 0.3) is 0 Å². The number of rotatable bonds is 8. The molecule has 2 aromatic carbocycles. The number of hydrogen-bond acceptors (Lipinski definition) is 4. The number of furan rings is 1. The molecule has 0 bridgehead atoms. The molecule has 1 aliphatic rings. The van der Waals surface area contributed by atoms with Gasteiger partial charge in [-0.2, -0.15) is 0 Å². The predicted octanol–water partition coefficient (Wildman–Crippen LogP) is 4.64. The number of para-hydroxylation sites is 1. The first kappa shape index (κ1) is 24.5. The molecule has 9 heteroatoms. The fourth-order valence-corrected chi connectivity index (χ4v) is 4.34. The highest BCUT2D eigenvalue weighted by Crippen LogP contribution is 2.31. The van der Waals surface area contributed by atoms with Crippen LogP contribution in [0.5, 0.6) is 0 Å². The van der Waals surface area contributed by atoms with Gasteiger partial charge in [-0.25, -0.2) is 4.39 Å². The molecular formula is C26H25ClFN3O4. The van der Waals surface area contributed by atoms with Crippen molar-refractivity contribution in [2.24, 2.45) is 0 Å². The number of carbonyl (C=O) groups excluding carboxylic acids is 3. The molecule has 1 fully saturated rings. The third kappa shape index (κ3) is 5.89. The number of carbonyl (C=O) groups is 3. The minimum absolute atomic E-state index is 0.0199. The Balaban J connectivity index is 1.69. The van der Waals surface area contributed by atoms with Crippen LogP contribution in [0, 0.1) is 5.82 Å². The van der Waals surface area contributed by atoms with Gasteiger partial charge in [0.1, 0.15) is 11.9 Å². The maximum absolute atomic E-state index is 15.0. The molecule has 1 heterocycles. The highest BCUT2D eigenvalue weighted by molar-refractivity contribution is 6.30. The Kier molecular flexibility index (Phi) is 7.82. The van der Waals surface area contributed by atoms with E-state index in [-0.39, 0.29) is 17.5 Å². The summed E-state index contributed by atoms with van der Waals surface area (Å²) in [4.78, 5) is 40.5. The molecule has 1 aromatic heterocycles. The zero-order chi connectivity index (χ0) is 24.8. The van der Waals surface area contributed by atoms with Crippen LogP contribution in [0.2, 0.25) is 5.02 Å². The molecule has 1 saturated carbocycles. The lowest BCUT2D eigenvalue weighted by molar-refractivity contribution is -0.126. The van der Waals surface area contributed by atoms with Crippen LogP contribution in [-0.4, -0.2) is 30.3 Å². The van der Waals surface area contributed by atoms with Crippen LogP contribution < -0.4 is 15.5 Å². The van der Waals surface area contributed by atoms with Crippen LogP contribution in [0.1, 0.15) is 47.8 Å². The van der Waals surface area contributed by atoms with Crippen molar-refractivity contribution in [2.75, 3.05) is 11.4 Å². The minimum atomic E-state index is -1.18. The summed E-state index contributed by atoms with van der Waals surface area (Å²) < 4.78 is 20.0. The molecule has 3 amide bonds. The minimum Gasteiger partial charge on any atom is -0.459 e. The lowest BCUT2D eigenvalue weighted by atomic mass is 10.0. The van der Waals surface area contributed by atoms with Crippen LogP contribution in [0.15, 0.2) is 71.3 Å². The number of benzene rings is 2. The van der Waals surface area contributed by atoms with Gasteiger partial charge in [0.15, 0.2) is 5.76 Å². The van der Waals surface area contributed by atoms with E-state index in [1.165, 1.54) is 30.5 Å². The van der Waals surface area contributed by atoms with E-state index in [1.54, 1.807) is 36.4 Å². The van der Waals surface area contributed by atoms with Crippen LogP contribution in [0.4, 0.5) is 10.1 Å². The first-order valence-corrected chi connectivity index (χ1v) is 11.8. The van der Waals surface area contributed by atoms with E-state index in [4.69, 9.17) is 16.0 Å². The molecular weight excluding hydrogens is 473 g/mol. The van der Waals surface area contributed by atoms with Crippen molar-refractivity contribution in [1.82, 2.24) is 10.6 Å². The summed E-state index contributed by atoms with van der Waals surface area (Å²) in [5.41, 5.74) is 0.380. The standard InChI is InChI=1S/C26H25ClFN3O4/c27-18-13-11-17(12-14-18)24(26(34)30-19-6-1-2-7-19)31(21-9-4-3-8-20(21)28)23(32)16-29-25(33)22-10-5-15-35-22/h3-5,8-15,19,24H,1-2,6-7,16H2,(H,29,33)(H,30,34)/t24-/m1/s1. The third-order valence-corrected chi connectivity index (χ3v) is 6.17. The first-order chi connectivity index (χ1) is 16.9. The van der Waals surface area contributed by atoms with Crippen LogP contribution >= 0.6 is 11.6 Å². The molecule has 182 valence electrons. The molecule has 0 spiro atoms. The summed E-state index contributed by atoms with van der Waals surface area (Å²) in [6, 6.07) is 14.0. The number of hydrogen-bond donors (Lipinski definition) is 2. The second-order valence-corrected chi connectivity index (χ2v) is 8.76. The largest absolute Gasteiger partial charge is 0.459 e. The van der Waals surface area contributed by atoms with Gasteiger partial charge in [-0.15, -0.1) is 0 Å². The molecule has 0 saturated heterocycles. The third-order valence-electron chi connectivity index (χ3n) is 5.92. The average molecular weight is 498 g/mol. The first-order valence-electron chi connectivity index (χ1n) is 11.4. The Hall–Kier alpha value is -3.65. The Bertz CT molecular complexity index is 1180. The normalized spacial score (nSPS) is 14.3. The number of nitrogens with one attached hydrogen (secondary N) is 2. The van der Waals surface area contributed by atoms with Gasteiger partial charge in [-0.05, 0) is 54.8 Å². The summed E-state index contributed by atoms with van der Waals surface area (Å²) in [5.74, 6) is -2.35. The molecule has 0 unspecified atom stereocenters. The van der Waals surface area contributed by atoms with Gasteiger partial charge in [0.05, 0.1) is 18.5 Å². The lowest BCUT2D eigenvalue weighted by Crippen LogP contribution is -2.49. The summed E-state index contributed by atoms with van der Waals surface area (Å²) in [6.45, 7) is -0.478. The van der Waals surface area contributed by atoms with Crippen molar-refractivity contribution in [2.45, 2.75) is 37.8 Å². The van der Waals surface area contributed by atoms with Gasteiger partial charge < -0.3 is 15.1 Å². The van der Waals surface area contributed by atoms with E-state index in [0.29, 0.717) is 10.6 Å². The highest BCUT2D eigenvalue weighted by Gasteiger charge is 2.35. The Morgan fingerprint density at radius 2 is 1.74 bits per heavy atom. The zero-order valence-corrected chi connectivity index (χ0v) is 19.6. The van der Waals surface area contributed by atoms with Gasteiger partial charge in [0.25, 0.3) is 5.91 Å². The van der Waals surface area contributed by atoms with Crippen molar-refractivity contribution in [1.29, 1.82) is 0 Å². The van der Waals surface area contributed by atoms with Crippen LogP contribution in [-0.2, 0) is 9.59 Å². The fraction of sp³-hybridized carbons (Fsp3) is 0.269. The second-order valence-electron chi connectivity index (χ2n) is 8.32. The molecule has 3 aromatic rings. The molecule has 7 nitrogen and oxygen atoms in total. The Morgan fingerprint density at radius 3 is 2.40 bits per heavy atom. The SMILES string of the molecule is O=C(NCC(=O)N(c1ccccc1F)[C@@H](C(=O)NC1CCCC1)c1ccc(Cl)cc1)c1ccco1. The quantitative estimate of drug-likeness (QED) is 0.474. The maximum Gasteiger partial charge on any atom is 0.287 e. The zero-order valence-electron chi connectivity index (χ0n) is 18.9. The predicted molar refractivity (Wildman–Crippen MR) is 130 cm³/mol. The topological polar surface area (TPSA) is 91.7 Å². The number of anilines is 1. The van der Waals surface area contributed by atoms with Gasteiger partial charge in [0.2, 0.25) is 11.8 Å². The van der Waals surface area contributed by atoms with E-state index in [1.807, 2.05) is 0 Å². The van der Waals surface area contributed by atoms with Gasteiger partial charge in [0, 0.05) is 11.1 Å². The Morgan fingerprint density at radius 1 is 1.03 bits per heavy atom. The molecule has 1 aliphatic carbocycles. The maximum atomic E-state index is 15.0. The van der Waals surface area contributed by atoms with Gasteiger partial charge in [-0.3, -0.25) is 19.3 Å². The van der Waals surface area contributed by atoms with Gasteiger partial charge in [-0.1, -0.05) is 48.7 Å². The lowest BCUT2D eigenvalue weighted by Gasteiger charge is -2.32. The molecule has 4 rings (SSSR count). The van der Waals surface area contributed by atoms with Crippen molar-refractivity contribution in [3.63, 3.8) is 0 Å². The summed E-state index contributed by atoms with van der Waals surface area (Å²) in [7, 11) is 0. The van der Waals surface area contributed by atoms with E-state index in [2.05, 4.69) is 10.6 Å². The van der Waals surface area contributed by atoms with Gasteiger partial charge >= 0.3 is 0 Å². The number of halogens is 2. The van der Waals surface area contributed by atoms with Crippen molar-refractivity contribution < 1.29 is 23.2 Å². The summed E-state index contributed by atoms with van der Waals surface area (Å²) in [6.07, 6.45) is 5.03. The molecule has 1 atom stereocenters. The van der Waals surface area contributed by atoms with E-state index in [9.17, 15) is 18.8 Å². The van der Waals surface area contributed by atoms with Crippen molar-refractivity contribution in [3.8, 4) is 0 Å². The van der Waals surface area contributed by atoms with E-state index < -0.39 is 36.1 Å². The highest BCUT2D eigenvalue weighted by atomic mass is 35.5. The number of nitrogens with zero attached hydrogens (tertiary/aromatic N) is 1. The van der Waals surface area contributed by atoms with Crippen LogP contribution in [0.3, 0.4) is 0 Å². The summed E-state index contributed by atoms with van der Waals surface area (Å²) in [5, 5.41) is 5.95. The fourth-order valence-electron chi connectivity index (χ4n) is 4.21. The molecule has 2 N–H and O–H groups in total. The van der Waals surface area contributed by atoms with Crippen molar-refractivity contribution in [3.05, 3.63) is 89.1 Å². The number of amides is 3. The smallest absolute Gasteiger partial charge is 0.287 e. The summed E-state index contributed by atoms with van der Waals surface area (Å²) >= 11 is 6.05. The molecule has 35 heavy (non-hydrogen) atoms. The average Bonchev–Trinajstić information content (AvgIpc) is 3.57. The molecule has 0 aliphatic heterocycles. The molecule has 0 radical (unpaired) electrons. The van der Waals surface area contributed by atoms with E-state index in [0.717, 1.165) is 30.6 Å². The second kappa shape index (κ2) is 11.2. The Labute approximate surface area is 207 Å². The monoisotopic (exact) mass is 497 g/mol. The van der Waals surface area contributed by atoms with E-state index >= 15 is 0 Å².